The number of rotatable bonds is 7. The third-order valence-electron chi connectivity index (χ3n) is 3.06. The van der Waals surface area contributed by atoms with Gasteiger partial charge in [-0.3, -0.25) is 14.4 Å². The van der Waals surface area contributed by atoms with Gasteiger partial charge in [0, 0.05) is 19.1 Å². The molecule has 0 aromatic carbocycles. The summed E-state index contributed by atoms with van der Waals surface area (Å²) in [5.41, 5.74) is 0. The molecular formula is C13H22N2O5S. The molecule has 1 rings (SSSR count). The summed E-state index contributed by atoms with van der Waals surface area (Å²) in [6.45, 7) is 5.50. The zero-order valence-corrected chi connectivity index (χ0v) is 13.2. The van der Waals surface area contributed by atoms with Gasteiger partial charge < -0.3 is 19.6 Å². The summed E-state index contributed by atoms with van der Waals surface area (Å²) in [5.74, 6) is -0.962. The molecule has 0 aliphatic carbocycles. The van der Waals surface area contributed by atoms with Crippen LogP contribution in [0.25, 0.3) is 0 Å². The van der Waals surface area contributed by atoms with Gasteiger partial charge in [0.25, 0.3) is 0 Å². The molecule has 8 heteroatoms. The van der Waals surface area contributed by atoms with E-state index in [0.717, 1.165) is 0 Å². The molecular weight excluding hydrogens is 296 g/mol. The van der Waals surface area contributed by atoms with E-state index in [9.17, 15) is 14.4 Å². The lowest BCUT2D eigenvalue weighted by Gasteiger charge is -2.27. The second-order valence-corrected chi connectivity index (χ2v) is 5.98. The molecule has 0 atom stereocenters. The molecule has 0 spiro atoms. The SMILES string of the molecule is CC(C)N(CC(=O)O)C(=O)CSCC(=O)N1CCOCC1. The molecule has 7 nitrogen and oxygen atoms in total. The lowest BCUT2D eigenvalue weighted by Crippen LogP contribution is -2.43. The summed E-state index contributed by atoms with van der Waals surface area (Å²) < 4.78 is 5.17. The number of hydrogen-bond acceptors (Lipinski definition) is 5. The first kappa shape index (κ1) is 17.8. The van der Waals surface area contributed by atoms with Crippen LogP contribution in [0.5, 0.6) is 0 Å². The van der Waals surface area contributed by atoms with Crippen LogP contribution in [-0.4, -0.2) is 83.1 Å². The molecule has 0 aromatic heterocycles. The minimum absolute atomic E-state index is 0.00886. The van der Waals surface area contributed by atoms with Crippen LogP contribution in [0, 0.1) is 0 Å². The van der Waals surface area contributed by atoms with E-state index in [-0.39, 0.29) is 35.9 Å². The van der Waals surface area contributed by atoms with Crippen molar-refractivity contribution in [1.82, 2.24) is 9.80 Å². The maximum Gasteiger partial charge on any atom is 0.323 e. The van der Waals surface area contributed by atoms with Crippen molar-refractivity contribution < 1.29 is 24.2 Å². The van der Waals surface area contributed by atoms with Crippen molar-refractivity contribution in [3.05, 3.63) is 0 Å². The van der Waals surface area contributed by atoms with E-state index in [1.54, 1.807) is 18.7 Å². The Morgan fingerprint density at radius 1 is 1.24 bits per heavy atom. The average molecular weight is 318 g/mol. The van der Waals surface area contributed by atoms with Crippen molar-refractivity contribution in [2.24, 2.45) is 0 Å². The van der Waals surface area contributed by atoms with E-state index in [1.165, 1.54) is 16.7 Å². The molecule has 0 saturated carbocycles. The predicted octanol–water partition coefficient (Wildman–Crippen LogP) is -0.1000. The molecule has 1 aliphatic heterocycles. The van der Waals surface area contributed by atoms with Gasteiger partial charge in [-0.1, -0.05) is 0 Å². The first-order chi connectivity index (χ1) is 9.91. The maximum absolute atomic E-state index is 12.0. The Kier molecular flexibility index (Phi) is 7.52. The predicted molar refractivity (Wildman–Crippen MR) is 79.2 cm³/mol. The standard InChI is InChI=1S/C13H22N2O5S/c1-10(2)15(7-13(18)19)12(17)9-21-8-11(16)14-3-5-20-6-4-14/h10H,3-9H2,1-2H3,(H,18,19). The van der Waals surface area contributed by atoms with E-state index in [2.05, 4.69) is 0 Å². The summed E-state index contributed by atoms with van der Waals surface area (Å²) >= 11 is 1.22. The minimum atomic E-state index is -1.04. The summed E-state index contributed by atoms with van der Waals surface area (Å²) in [6, 6.07) is -0.177. The van der Waals surface area contributed by atoms with Gasteiger partial charge in [-0.05, 0) is 13.8 Å². The van der Waals surface area contributed by atoms with Crippen LogP contribution < -0.4 is 0 Å². The fourth-order valence-corrected chi connectivity index (χ4v) is 2.72. The molecule has 1 N–H and O–H groups in total. The second-order valence-electron chi connectivity index (χ2n) is 5.00. The normalized spacial score (nSPS) is 15.1. The Bertz CT molecular complexity index is 383. The Hall–Kier alpha value is -1.28. The highest BCUT2D eigenvalue weighted by Gasteiger charge is 2.21. The number of morpholine rings is 1. The Balaban J connectivity index is 2.33. The zero-order chi connectivity index (χ0) is 15.8. The van der Waals surface area contributed by atoms with E-state index in [4.69, 9.17) is 9.84 Å². The first-order valence-corrected chi connectivity index (χ1v) is 8.01. The summed E-state index contributed by atoms with van der Waals surface area (Å²) in [6.07, 6.45) is 0. The molecule has 1 fully saturated rings. The van der Waals surface area contributed by atoms with Gasteiger partial charge >= 0.3 is 5.97 Å². The number of amides is 2. The van der Waals surface area contributed by atoms with Crippen LogP contribution in [0.3, 0.4) is 0 Å². The first-order valence-electron chi connectivity index (χ1n) is 6.86. The van der Waals surface area contributed by atoms with E-state index < -0.39 is 5.97 Å². The number of aliphatic carboxylic acids is 1. The monoisotopic (exact) mass is 318 g/mol. The van der Waals surface area contributed by atoms with E-state index >= 15 is 0 Å². The summed E-state index contributed by atoms with van der Waals surface area (Å²) in [4.78, 5) is 37.6. The zero-order valence-electron chi connectivity index (χ0n) is 12.4. The number of ether oxygens (including phenoxy) is 1. The largest absolute Gasteiger partial charge is 0.480 e. The number of carboxylic acids is 1. The van der Waals surface area contributed by atoms with Gasteiger partial charge in [-0.15, -0.1) is 11.8 Å². The van der Waals surface area contributed by atoms with Crippen molar-refractivity contribution in [2.45, 2.75) is 19.9 Å². The molecule has 120 valence electrons. The van der Waals surface area contributed by atoms with Crippen LogP contribution in [0.4, 0.5) is 0 Å². The maximum atomic E-state index is 12.0. The Morgan fingerprint density at radius 2 is 1.86 bits per heavy atom. The summed E-state index contributed by atoms with van der Waals surface area (Å²) in [7, 11) is 0. The minimum Gasteiger partial charge on any atom is -0.480 e. The molecule has 0 bridgehead atoms. The number of thioether (sulfide) groups is 1. The lowest BCUT2D eigenvalue weighted by molar-refractivity contribution is -0.144. The fourth-order valence-electron chi connectivity index (χ4n) is 1.92. The van der Waals surface area contributed by atoms with Gasteiger partial charge in [-0.2, -0.15) is 0 Å². The molecule has 1 aliphatic rings. The van der Waals surface area contributed by atoms with E-state index in [0.29, 0.717) is 26.3 Å². The number of carbonyl (C=O) groups excluding carboxylic acids is 2. The van der Waals surface area contributed by atoms with Crippen LogP contribution >= 0.6 is 11.8 Å². The van der Waals surface area contributed by atoms with Gasteiger partial charge in [0.05, 0.1) is 24.7 Å². The highest BCUT2D eigenvalue weighted by molar-refractivity contribution is 8.00. The molecule has 21 heavy (non-hydrogen) atoms. The van der Waals surface area contributed by atoms with Gasteiger partial charge in [0.1, 0.15) is 6.54 Å². The highest BCUT2D eigenvalue weighted by atomic mass is 32.2. The van der Waals surface area contributed by atoms with E-state index in [1.807, 2.05) is 0 Å². The van der Waals surface area contributed by atoms with Crippen LogP contribution in [0.2, 0.25) is 0 Å². The van der Waals surface area contributed by atoms with Gasteiger partial charge in [0.2, 0.25) is 11.8 Å². The van der Waals surface area contributed by atoms with Crippen LogP contribution in [-0.2, 0) is 19.1 Å². The molecule has 1 heterocycles. The lowest BCUT2D eigenvalue weighted by atomic mass is 10.3. The average Bonchev–Trinajstić information content (AvgIpc) is 2.45. The molecule has 1 saturated heterocycles. The number of carbonyl (C=O) groups is 3. The molecule has 0 unspecified atom stereocenters. The van der Waals surface area contributed by atoms with Gasteiger partial charge in [-0.25, -0.2) is 0 Å². The third kappa shape index (κ3) is 6.34. The number of carboxylic acid groups (broad SMARTS) is 1. The molecule has 2 amide bonds. The molecule has 0 radical (unpaired) electrons. The van der Waals surface area contributed by atoms with Crippen molar-refractivity contribution in [2.75, 3.05) is 44.4 Å². The summed E-state index contributed by atoms with van der Waals surface area (Å²) in [5, 5.41) is 8.79. The van der Waals surface area contributed by atoms with Crippen LogP contribution in [0.1, 0.15) is 13.8 Å². The van der Waals surface area contributed by atoms with Crippen molar-refractivity contribution >= 4 is 29.5 Å². The number of nitrogens with zero attached hydrogens (tertiary/aromatic N) is 2. The van der Waals surface area contributed by atoms with Crippen molar-refractivity contribution in [3.63, 3.8) is 0 Å². The smallest absolute Gasteiger partial charge is 0.323 e. The fraction of sp³-hybridized carbons (Fsp3) is 0.769. The topological polar surface area (TPSA) is 87.2 Å². The quantitative estimate of drug-likeness (QED) is 0.705. The second kappa shape index (κ2) is 8.89. The number of hydrogen-bond donors (Lipinski definition) is 1. The Morgan fingerprint density at radius 3 is 2.38 bits per heavy atom. The van der Waals surface area contributed by atoms with Gasteiger partial charge in [0.15, 0.2) is 0 Å². The van der Waals surface area contributed by atoms with Crippen molar-refractivity contribution in [3.8, 4) is 0 Å². The van der Waals surface area contributed by atoms with Crippen LogP contribution in [0.15, 0.2) is 0 Å². The Labute approximate surface area is 128 Å². The third-order valence-corrected chi connectivity index (χ3v) is 3.97. The highest BCUT2D eigenvalue weighted by Crippen LogP contribution is 2.08. The van der Waals surface area contributed by atoms with Crippen molar-refractivity contribution in [1.29, 1.82) is 0 Å². The molecule has 0 aromatic rings.